The lowest BCUT2D eigenvalue weighted by atomic mass is 10.1. The highest BCUT2D eigenvalue weighted by Crippen LogP contribution is 2.31. The monoisotopic (exact) mass is 407 g/mol. The van der Waals surface area contributed by atoms with Gasteiger partial charge in [0, 0.05) is 0 Å². The van der Waals surface area contributed by atoms with Crippen LogP contribution in [0.2, 0.25) is 0 Å². The molecule has 0 aromatic heterocycles. The predicted octanol–water partition coefficient (Wildman–Crippen LogP) is 7.45. The largest absolute Gasteiger partial charge is 0.338 e. The summed E-state index contributed by atoms with van der Waals surface area (Å²) in [5, 5.41) is 0. The van der Waals surface area contributed by atoms with Gasteiger partial charge in [-0.3, -0.25) is 0 Å². The van der Waals surface area contributed by atoms with Crippen LogP contribution in [0.5, 0.6) is 5.75 Å². The van der Waals surface area contributed by atoms with E-state index >= 15 is 0 Å². The summed E-state index contributed by atoms with van der Waals surface area (Å²) in [6, 6.07) is 29.6. The van der Waals surface area contributed by atoms with Crippen molar-refractivity contribution in [3.05, 3.63) is 84.9 Å². The van der Waals surface area contributed by atoms with E-state index < -0.39 is 0 Å². The van der Waals surface area contributed by atoms with Crippen LogP contribution in [0, 0.1) is 0 Å². The van der Waals surface area contributed by atoms with Gasteiger partial charge in [-0.25, -0.2) is 0 Å². The topological polar surface area (TPSA) is 18.5 Å². The third-order valence-electron chi connectivity index (χ3n) is 4.75. The number of unbranched alkanes of at least 4 members (excludes halogenated alkanes) is 5. The minimum atomic E-state index is -0.132. The predicted molar refractivity (Wildman–Crippen MR) is 121 cm³/mol. The molecule has 0 amide bonds. The first-order valence-electron chi connectivity index (χ1n) is 10.6. The maximum absolute atomic E-state index is 5.48. The van der Waals surface area contributed by atoms with Crippen molar-refractivity contribution < 1.29 is 9.78 Å². The number of rotatable bonds is 12. The van der Waals surface area contributed by atoms with Crippen LogP contribution in [0.4, 0.5) is 0 Å². The third-order valence-corrected chi connectivity index (χ3v) is 6.98. The molecule has 0 heterocycles. The highest BCUT2D eigenvalue weighted by molar-refractivity contribution is 7.97. The van der Waals surface area contributed by atoms with Crippen molar-refractivity contribution in [3.63, 3.8) is 0 Å². The average Bonchev–Trinajstić information content (AvgIpc) is 2.78. The number of benzene rings is 3. The summed E-state index contributed by atoms with van der Waals surface area (Å²) in [5.41, 5.74) is 0. The van der Waals surface area contributed by atoms with Crippen LogP contribution in [0.1, 0.15) is 45.4 Å². The molecule has 3 rings (SSSR count). The first-order chi connectivity index (χ1) is 14.4. The van der Waals surface area contributed by atoms with Gasteiger partial charge < -0.3 is 4.89 Å². The molecule has 0 atom stereocenters. The van der Waals surface area contributed by atoms with Crippen LogP contribution in [-0.2, 0) is 15.8 Å². The van der Waals surface area contributed by atoms with E-state index in [2.05, 4.69) is 79.7 Å². The number of hydrogen-bond acceptors (Lipinski definition) is 2. The molecule has 0 saturated carbocycles. The molecule has 0 aliphatic carbocycles. The molecule has 3 heteroatoms. The maximum Gasteiger partial charge on any atom is 0.166 e. The van der Waals surface area contributed by atoms with E-state index in [9.17, 15) is 0 Å². The molecule has 0 bridgehead atoms. The molecular weight excluding hydrogens is 376 g/mol. The van der Waals surface area contributed by atoms with E-state index in [0.29, 0.717) is 6.61 Å². The number of hydrogen-bond donors (Lipinski definition) is 0. The van der Waals surface area contributed by atoms with Crippen molar-refractivity contribution in [2.24, 2.45) is 0 Å². The minimum Gasteiger partial charge on any atom is -0.338 e. The Labute approximate surface area is 178 Å². The highest BCUT2D eigenvalue weighted by Gasteiger charge is 2.28. The van der Waals surface area contributed by atoms with Crippen molar-refractivity contribution in [1.29, 1.82) is 0 Å². The highest BCUT2D eigenvalue weighted by atomic mass is 32.2. The van der Waals surface area contributed by atoms with Gasteiger partial charge in [-0.1, -0.05) is 75.4 Å². The van der Waals surface area contributed by atoms with Crippen LogP contribution in [-0.4, -0.2) is 6.61 Å². The van der Waals surface area contributed by atoms with Gasteiger partial charge in [0.05, 0.1) is 17.5 Å². The summed E-state index contributed by atoms with van der Waals surface area (Å²) in [7, 11) is -0.132. The standard InChI is InChI=1S/C26H31O2S/c1-2-3-4-5-6-13-22-27-28-23-18-20-26(21-19-23)29(24-14-9-7-10-15-24)25-16-11-8-12-17-25/h7-12,14-21H,2-6,13,22H2,1H3/q+1. The molecule has 29 heavy (non-hydrogen) atoms. The van der Waals surface area contributed by atoms with Gasteiger partial charge in [-0.05, 0) is 55.0 Å². The molecule has 2 nitrogen and oxygen atoms in total. The fourth-order valence-electron chi connectivity index (χ4n) is 3.20. The van der Waals surface area contributed by atoms with Gasteiger partial charge in [0.1, 0.15) is 0 Å². The Balaban J connectivity index is 1.57. The van der Waals surface area contributed by atoms with E-state index in [1.165, 1.54) is 46.8 Å². The molecule has 0 N–H and O–H groups in total. The summed E-state index contributed by atoms with van der Waals surface area (Å²) in [6.45, 7) is 2.89. The van der Waals surface area contributed by atoms with Gasteiger partial charge in [-0.15, -0.1) is 0 Å². The fraction of sp³-hybridized carbons (Fsp3) is 0.308. The fourth-order valence-corrected chi connectivity index (χ4v) is 5.29. The van der Waals surface area contributed by atoms with Crippen molar-refractivity contribution in [3.8, 4) is 5.75 Å². The Morgan fingerprint density at radius 3 is 1.69 bits per heavy atom. The Morgan fingerprint density at radius 2 is 1.10 bits per heavy atom. The average molecular weight is 408 g/mol. The van der Waals surface area contributed by atoms with Crippen molar-refractivity contribution in [2.45, 2.75) is 60.1 Å². The van der Waals surface area contributed by atoms with Crippen LogP contribution in [0.3, 0.4) is 0 Å². The first kappa shape index (κ1) is 21.5. The summed E-state index contributed by atoms with van der Waals surface area (Å²) < 4.78 is 0. The molecule has 0 radical (unpaired) electrons. The van der Waals surface area contributed by atoms with Crippen molar-refractivity contribution in [2.75, 3.05) is 6.61 Å². The molecule has 3 aromatic rings. The lowest BCUT2D eigenvalue weighted by molar-refractivity contribution is -0.207. The summed E-state index contributed by atoms with van der Waals surface area (Å²) in [5.74, 6) is 0.754. The molecular formula is C26H31O2S+. The van der Waals surface area contributed by atoms with Gasteiger partial charge in [-0.2, -0.15) is 4.89 Å². The third kappa shape index (κ3) is 6.95. The smallest absolute Gasteiger partial charge is 0.166 e. The van der Waals surface area contributed by atoms with Crippen LogP contribution in [0.15, 0.2) is 99.6 Å². The molecule has 152 valence electrons. The molecule has 0 aliphatic heterocycles. The Hall–Kier alpha value is -2.23. The zero-order chi connectivity index (χ0) is 20.2. The summed E-state index contributed by atoms with van der Waals surface area (Å²) >= 11 is 0. The molecule has 0 saturated heterocycles. The summed E-state index contributed by atoms with van der Waals surface area (Å²) in [6.07, 6.45) is 7.48. The zero-order valence-corrected chi connectivity index (χ0v) is 18.1. The quantitative estimate of drug-likeness (QED) is 0.134. The second kappa shape index (κ2) is 12.4. The molecule has 0 unspecified atom stereocenters. The van der Waals surface area contributed by atoms with Gasteiger partial charge in [0.2, 0.25) is 0 Å². The second-order valence-corrected chi connectivity index (χ2v) is 9.10. The molecule has 0 spiro atoms. The lowest BCUT2D eigenvalue weighted by Gasteiger charge is -2.09. The van der Waals surface area contributed by atoms with E-state index in [-0.39, 0.29) is 10.9 Å². The van der Waals surface area contributed by atoms with Crippen LogP contribution in [0.25, 0.3) is 0 Å². The summed E-state index contributed by atoms with van der Waals surface area (Å²) in [4.78, 5) is 14.8. The van der Waals surface area contributed by atoms with Gasteiger partial charge in [0.15, 0.2) is 20.4 Å². The molecule has 0 fully saturated rings. The van der Waals surface area contributed by atoms with Crippen LogP contribution >= 0.6 is 0 Å². The Morgan fingerprint density at radius 1 is 0.586 bits per heavy atom. The van der Waals surface area contributed by atoms with Crippen molar-refractivity contribution >= 4 is 10.9 Å². The molecule has 0 aliphatic rings. The van der Waals surface area contributed by atoms with Crippen molar-refractivity contribution in [1.82, 2.24) is 0 Å². The Kier molecular flexibility index (Phi) is 9.15. The maximum atomic E-state index is 5.48. The SMILES string of the molecule is CCCCCCCCOOc1ccc([S+](c2ccccc2)c2ccccc2)cc1. The van der Waals surface area contributed by atoms with E-state index in [4.69, 9.17) is 9.78 Å². The molecule has 3 aromatic carbocycles. The zero-order valence-electron chi connectivity index (χ0n) is 17.3. The van der Waals surface area contributed by atoms with E-state index in [1.807, 2.05) is 12.1 Å². The van der Waals surface area contributed by atoms with Crippen LogP contribution < -0.4 is 4.89 Å². The minimum absolute atomic E-state index is 0.132. The lowest BCUT2D eigenvalue weighted by Crippen LogP contribution is -2.05. The normalized spacial score (nSPS) is 11.0. The van der Waals surface area contributed by atoms with Gasteiger partial charge >= 0.3 is 0 Å². The van der Waals surface area contributed by atoms with E-state index in [0.717, 1.165) is 12.2 Å². The van der Waals surface area contributed by atoms with Gasteiger partial charge in [0.25, 0.3) is 0 Å². The first-order valence-corrected chi connectivity index (χ1v) is 11.8. The Bertz CT molecular complexity index is 764. The second-order valence-electron chi connectivity index (χ2n) is 7.08. The van der Waals surface area contributed by atoms with E-state index in [1.54, 1.807) is 0 Å².